The van der Waals surface area contributed by atoms with Crippen LogP contribution in [-0.4, -0.2) is 31.4 Å². The third kappa shape index (κ3) is 3.16. The monoisotopic (exact) mass is 444 g/mol. The highest BCUT2D eigenvalue weighted by molar-refractivity contribution is 9.12. The molecule has 0 amide bonds. The van der Waals surface area contributed by atoms with Gasteiger partial charge in [0.2, 0.25) is 5.43 Å². The maximum absolute atomic E-state index is 11.3. The van der Waals surface area contributed by atoms with Gasteiger partial charge in [0, 0.05) is 12.6 Å². The summed E-state index contributed by atoms with van der Waals surface area (Å²) >= 11 is 10.7. The molecule has 0 radical (unpaired) electrons. The zero-order valence-electron chi connectivity index (χ0n) is 9.15. The van der Waals surface area contributed by atoms with Crippen LogP contribution in [0.3, 0.4) is 0 Å². The molecule has 2 N–H and O–H groups in total. The summed E-state index contributed by atoms with van der Waals surface area (Å²) < 4.78 is 5.20. The number of hydrogen-bond donors (Lipinski definition) is 2. The fraction of sp³-hybridized carbons (Fsp3) is 0.500. The first-order valence-electron chi connectivity index (χ1n) is 5.21. The van der Waals surface area contributed by atoms with Crippen LogP contribution in [0.5, 0.6) is 5.75 Å². The number of nitrogens with one attached hydrogen (secondary N) is 1. The second kappa shape index (κ2) is 6.04. The summed E-state index contributed by atoms with van der Waals surface area (Å²) in [6.45, 7) is 1.26. The zero-order chi connectivity index (χ0) is 13.3. The van der Waals surface area contributed by atoms with Gasteiger partial charge in [-0.3, -0.25) is 15.0 Å². The van der Waals surface area contributed by atoms with Gasteiger partial charge in [-0.1, -0.05) is 47.8 Å². The molecule has 0 spiro atoms. The number of nitrogens with zero attached hydrogens (tertiary/aromatic N) is 1. The highest BCUT2D eigenvalue weighted by Gasteiger charge is 2.33. The molecule has 100 valence electrons. The number of hydrogen-bond acceptors (Lipinski definition) is 5. The SMILES string of the molecule is O=c1cc(CN2C(Br)NCC(Br)C2Br)occ1O. The van der Waals surface area contributed by atoms with Crippen LogP contribution in [0.1, 0.15) is 5.76 Å². The van der Waals surface area contributed by atoms with E-state index < -0.39 is 5.43 Å². The van der Waals surface area contributed by atoms with Crippen molar-refractivity contribution in [1.82, 2.24) is 10.2 Å². The average Bonchev–Trinajstić information content (AvgIpc) is 2.34. The van der Waals surface area contributed by atoms with Gasteiger partial charge >= 0.3 is 0 Å². The Labute approximate surface area is 129 Å². The van der Waals surface area contributed by atoms with Crippen molar-refractivity contribution in [3.05, 3.63) is 28.3 Å². The lowest BCUT2D eigenvalue weighted by Crippen LogP contribution is -2.56. The minimum Gasteiger partial charge on any atom is -0.502 e. The Morgan fingerprint density at radius 1 is 1.50 bits per heavy atom. The molecule has 3 atom stereocenters. The van der Waals surface area contributed by atoms with Gasteiger partial charge in [0.1, 0.15) is 17.1 Å². The first-order chi connectivity index (χ1) is 8.49. The molecule has 2 heterocycles. The van der Waals surface area contributed by atoms with E-state index in [1.165, 1.54) is 6.07 Å². The van der Waals surface area contributed by atoms with Crippen molar-refractivity contribution in [2.45, 2.75) is 21.4 Å². The van der Waals surface area contributed by atoms with Gasteiger partial charge in [-0.05, 0) is 0 Å². The minimum absolute atomic E-state index is 0.0187. The summed E-state index contributed by atoms with van der Waals surface area (Å²) in [5.74, 6) is 0.120. The predicted molar refractivity (Wildman–Crippen MR) is 78.3 cm³/mol. The predicted octanol–water partition coefficient (Wildman–Crippen LogP) is 1.91. The van der Waals surface area contributed by atoms with E-state index in [1.807, 2.05) is 4.90 Å². The maximum Gasteiger partial charge on any atom is 0.226 e. The van der Waals surface area contributed by atoms with Gasteiger partial charge in [-0.15, -0.1) is 0 Å². The van der Waals surface area contributed by atoms with Crippen molar-refractivity contribution in [1.29, 1.82) is 0 Å². The van der Waals surface area contributed by atoms with E-state index in [2.05, 4.69) is 53.1 Å². The van der Waals surface area contributed by atoms with Gasteiger partial charge in [0.25, 0.3) is 0 Å². The molecule has 1 aromatic heterocycles. The van der Waals surface area contributed by atoms with Gasteiger partial charge in [-0.25, -0.2) is 0 Å². The van der Waals surface area contributed by atoms with E-state index in [-0.39, 0.29) is 20.6 Å². The molecule has 5 nitrogen and oxygen atoms in total. The van der Waals surface area contributed by atoms with Crippen molar-refractivity contribution < 1.29 is 9.52 Å². The van der Waals surface area contributed by atoms with E-state index in [9.17, 15) is 4.79 Å². The van der Waals surface area contributed by atoms with Gasteiger partial charge in [0.05, 0.1) is 16.3 Å². The highest BCUT2D eigenvalue weighted by Crippen LogP contribution is 2.28. The largest absolute Gasteiger partial charge is 0.502 e. The third-order valence-electron chi connectivity index (χ3n) is 2.59. The molecular weight excluding hydrogens is 436 g/mol. The lowest BCUT2D eigenvalue weighted by molar-refractivity contribution is 0.163. The van der Waals surface area contributed by atoms with Crippen LogP contribution in [0.2, 0.25) is 0 Å². The standard InChI is InChI=1S/C10H11Br3N2O3/c11-6-2-14-10(13)15(9(6)12)3-5-1-7(16)8(17)4-18-5/h1,4,6,9-10,14,17H,2-3H2. The molecule has 8 heteroatoms. The Morgan fingerprint density at radius 3 is 2.89 bits per heavy atom. The molecule has 1 aromatic rings. The topological polar surface area (TPSA) is 65.7 Å². The van der Waals surface area contributed by atoms with Crippen LogP contribution in [0.25, 0.3) is 0 Å². The third-order valence-corrected chi connectivity index (χ3v) is 6.14. The van der Waals surface area contributed by atoms with E-state index >= 15 is 0 Å². The number of alkyl halides is 3. The lowest BCUT2D eigenvalue weighted by Gasteiger charge is -2.39. The second-order valence-electron chi connectivity index (χ2n) is 3.90. The molecular formula is C10H11Br3N2O3. The van der Waals surface area contributed by atoms with E-state index in [0.717, 1.165) is 12.8 Å². The fourth-order valence-corrected chi connectivity index (χ4v) is 3.59. The summed E-state index contributed by atoms with van der Waals surface area (Å²) in [6, 6.07) is 1.30. The molecule has 0 aromatic carbocycles. The molecule has 1 aliphatic heterocycles. The molecule has 2 rings (SSSR count). The molecule has 1 saturated heterocycles. The average molecular weight is 447 g/mol. The highest BCUT2D eigenvalue weighted by atomic mass is 79.9. The summed E-state index contributed by atoms with van der Waals surface area (Å²) in [5, 5.41) is 12.4. The molecule has 0 bridgehead atoms. The molecule has 0 aliphatic carbocycles. The van der Waals surface area contributed by atoms with E-state index in [1.54, 1.807) is 0 Å². The van der Waals surface area contributed by atoms with Crippen LogP contribution in [0.4, 0.5) is 0 Å². The lowest BCUT2D eigenvalue weighted by atomic mass is 10.3. The Morgan fingerprint density at radius 2 is 2.22 bits per heavy atom. The molecule has 1 fully saturated rings. The molecule has 0 saturated carbocycles. The molecule has 18 heavy (non-hydrogen) atoms. The van der Waals surface area contributed by atoms with E-state index in [4.69, 9.17) is 9.52 Å². The van der Waals surface area contributed by atoms with Crippen LogP contribution in [-0.2, 0) is 6.54 Å². The number of halogens is 3. The Bertz CT molecular complexity index is 482. The van der Waals surface area contributed by atoms with Crippen LogP contribution in [0.15, 0.2) is 21.5 Å². The first-order valence-corrected chi connectivity index (χ1v) is 7.96. The van der Waals surface area contributed by atoms with Gasteiger partial charge < -0.3 is 9.52 Å². The Balaban J connectivity index is 2.16. The Hall–Kier alpha value is 0.110. The molecule has 3 unspecified atom stereocenters. The smallest absolute Gasteiger partial charge is 0.226 e. The summed E-state index contributed by atoms with van der Waals surface area (Å²) in [7, 11) is 0. The summed E-state index contributed by atoms with van der Waals surface area (Å²) in [5.41, 5.74) is -0.436. The summed E-state index contributed by atoms with van der Waals surface area (Å²) in [4.78, 5) is 13.7. The maximum atomic E-state index is 11.3. The first kappa shape index (κ1) is 14.5. The number of rotatable bonds is 2. The zero-order valence-corrected chi connectivity index (χ0v) is 13.9. The van der Waals surface area contributed by atoms with Crippen LogP contribution < -0.4 is 10.7 Å². The molecule has 1 aliphatic rings. The van der Waals surface area contributed by atoms with Crippen LogP contribution >= 0.6 is 47.8 Å². The van der Waals surface area contributed by atoms with Crippen molar-refractivity contribution in [2.24, 2.45) is 0 Å². The summed E-state index contributed by atoms with van der Waals surface area (Å²) in [6.07, 6.45) is 1.06. The normalized spacial score (nSPS) is 29.4. The van der Waals surface area contributed by atoms with E-state index in [0.29, 0.717) is 12.3 Å². The van der Waals surface area contributed by atoms with Crippen molar-refractivity contribution in [3.8, 4) is 5.75 Å². The van der Waals surface area contributed by atoms with Crippen molar-refractivity contribution in [2.75, 3.05) is 6.54 Å². The quantitative estimate of drug-likeness (QED) is 0.536. The fourth-order valence-electron chi connectivity index (χ4n) is 1.63. The second-order valence-corrected chi connectivity index (χ2v) is 6.88. The Kier molecular flexibility index (Phi) is 4.87. The van der Waals surface area contributed by atoms with Gasteiger partial charge in [0.15, 0.2) is 5.75 Å². The minimum atomic E-state index is -0.436. The van der Waals surface area contributed by atoms with Gasteiger partial charge in [-0.2, -0.15) is 0 Å². The van der Waals surface area contributed by atoms with Crippen molar-refractivity contribution in [3.63, 3.8) is 0 Å². The van der Waals surface area contributed by atoms with Crippen LogP contribution in [0, 0.1) is 0 Å². The van der Waals surface area contributed by atoms with Crippen molar-refractivity contribution >= 4 is 47.8 Å². The number of aromatic hydroxyl groups is 1.